The van der Waals surface area contributed by atoms with Gasteiger partial charge in [-0.3, -0.25) is 4.79 Å². The summed E-state index contributed by atoms with van der Waals surface area (Å²) in [5, 5.41) is 3.55. The lowest BCUT2D eigenvalue weighted by Crippen LogP contribution is -2.11. The Morgan fingerprint density at radius 1 is 1.00 bits per heavy atom. The summed E-state index contributed by atoms with van der Waals surface area (Å²) in [7, 11) is 0. The van der Waals surface area contributed by atoms with E-state index in [0.717, 1.165) is 5.56 Å². The fourth-order valence-electron chi connectivity index (χ4n) is 1.43. The molecule has 0 aliphatic carbocycles. The molecule has 0 aromatic heterocycles. The maximum atomic E-state index is 11.9. The van der Waals surface area contributed by atoms with Crippen LogP contribution in [0.15, 0.2) is 42.5 Å². The van der Waals surface area contributed by atoms with E-state index >= 15 is 0 Å². The van der Waals surface area contributed by atoms with E-state index in [1.165, 1.54) is 6.07 Å². The Labute approximate surface area is 116 Å². The number of hydrogen-bond acceptors (Lipinski definition) is 1. The van der Waals surface area contributed by atoms with Gasteiger partial charge in [-0.1, -0.05) is 35.3 Å². The predicted octanol–water partition coefficient (Wildman–Crippen LogP) is 4.43. The highest BCUT2D eigenvalue weighted by Gasteiger charge is 2.08. The Morgan fingerprint density at radius 2 is 1.67 bits per heavy atom. The molecule has 1 N–H and O–H groups in total. The van der Waals surface area contributed by atoms with Crippen LogP contribution in [0.4, 0.5) is 5.69 Å². The largest absolute Gasteiger partial charge is 0.322 e. The van der Waals surface area contributed by atoms with Gasteiger partial charge >= 0.3 is 0 Å². The standard InChI is InChI=1S/C14H10Cl2NO/c1-9-2-5-11(6-3-9)17-14(18)10-4-7-12(15)13(16)8-10/h2-8H,1H2,(H,17,18). The van der Waals surface area contributed by atoms with Gasteiger partial charge in [0.2, 0.25) is 0 Å². The summed E-state index contributed by atoms with van der Waals surface area (Å²) in [6.07, 6.45) is 0. The van der Waals surface area contributed by atoms with E-state index in [0.29, 0.717) is 21.3 Å². The summed E-state index contributed by atoms with van der Waals surface area (Å²) in [6.45, 7) is 3.78. The van der Waals surface area contributed by atoms with Crippen molar-refractivity contribution in [3.05, 3.63) is 70.6 Å². The molecule has 0 atom stereocenters. The molecule has 2 nitrogen and oxygen atoms in total. The molecule has 1 amide bonds. The van der Waals surface area contributed by atoms with Crippen molar-refractivity contribution in [1.82, 2.24) is 0 Å². The van der Waals surface area contributed by atoms with Crippen molar-refractivity contribution < 1.29 is 4.79 Å². The number of benzene rings is 2. The molecule has 0 heterocycles. The first-order valence-electron chi connectivity index (χ1n) is 5.25. The Balaban J connectivity index is 2.16. The SMILES string of the molecule is [CH2]c1ccc(NC(=O)c2ccc(Cl)c(Cl)c2)cc1. The number of anilines is 1. The Bertz CT molecular complexity index is 579. The van der Waals surface area contributed by atoms with Gasteiger partial charge in [0.05, 0.1) is 10.0 Å². The predicted molar refractivity (Wildman–Crippen MR) is 75.3 cm³/mol. The quantitative estimate of drug-likeness (QED) is 0.865. The molecule has 0 aliphatic heterocycles. The first-order valence-corrected chi connectivity index (χ1v) is 6.00. The molecule has 0 unspecified atom stereocenters. The van der Waals surface area contributed by atoms with E-state index in [4.69, 9.17) is 23.2 Å². The third-order valence-corrected chi connectivity index (χ3v) is 3.13. The minimum atomic E-state index is -0.231. The van der Waals surface area contributed by atoms with Crippen LogP contribution in [-0.4, -0.2) is 5.91 Å². The molecular weight excluding hydrogens is 269 g/mol. The average Bonchev–Trinajstić information content (AvgIpc) is 2.35. The van der Waals surface area contributed by atoms with Gasteiger partial charge in [-0.15, -0.1) is 0 Å². The Morgan fingerprint density at radius 3 is 2.28 bits per heavy atom. The highest BCUT2D eigenvalue weighted by molar-refractivity contribution is 6.42. The maximum Gasteiger partial charge on any atom is 0.255 e. The molecule has 18 heavy (non-hydrogen) atoms. The molecule has 2 aromatic rings. The summed E-state index contributed by atoms with van der Waals surface area (Å²) >= 11 is 11.7. The summed E-state index contributed by atoms with van der Waals surface area (Å²) in [6, 6.07) is 12.0. The zero-order valence-electron chi connectivity index (χ0n) is 9.41. The molecular formula is C14H10Cl2NO. The summed E-state index contributed by atoms with van der Waals surface area (Å²) in [4.78, 5) is 11.9. The van der Waals surface area contributed by atoms with Crippen molar-refractivity contribution in [3.8, 4) is 0 Å². The van der Waals surface area contributed by atoms with Crippen LogP contribution in [0.25, 0.3) is 0 Å². The summed E-state index contributed by atoms with van der Waals surface area (Å²) in [5.74, 6) is -0.231. The van der Waals surface area contributed by atoms with Crippen LogP contribution in [0.1, 0.15) is 15.9 Å². The van der Waals surface area contributed by atoms with Crippen molar-refractivity contribution in [2.45, 2.75) is 0 Å². The lowest BCUT2D eigenvalue weighted by Gasteiger charge is -2.06. The number of amides is 1. The third-order valence-electron chi connectivity index (χ3n) is 2.39. The highest BCUT2D eigenvalue weighted by Crippen LogP contribution is 2.23. The molecule has 0 aliphatic rings. The highest BCUT2D eigenvalue weighted by atomic mass is 35.5. The molecule has 0 saturated heterocycles. The molecule has 0 bridgehead atoms. The number of hydrogen-bond donors (Lipinski definition) is 1. The van der Waals surface area contributed by atoms with Gasteiger partial charge in [0.1, 0.15) is 0 Å². The molecule has 4 heteroatoms. The molecule has 0 saturated carbocycles. The molecule has 0 spiro atoms. The Hall–Kier alpha value is -1.51. The second-order valence-corrected chi connectivity index (χ2v) is 4.59. The average molecular weight is 279 g/mol. The van der Waals surface area contributed by atoms with Gasteiger partial charge in [0.15, 0.2) is 0 Å². The van der Waals surface area contributed by atoms with Crippen LogP contribution in [-0.2, 0) is 0 Å². The topological polar surface area (TPSA) is 29.1 Å². The normalized spacial score (nSPS) is 10.2. The second-order valence-electron chi connectivity index (χ2n) is 3.78. The molecule has 1 radical (unpaired) electrons. The smallest absolute Gasteiger partial charge is 0.255 e. The minimum Gasteiger partial charge on any atom is -0.322 e. The molecule has 2 rings (SSSR count). The lowest BCUT2D eigenvalue weighted by atomic mass is 10.2. The fraction of sp³-hybridized carbons (Fsp3) is 0. The number of carbonyl (C=O) groups excluding carboxylic acids is 1. The van der Waals surface area contributed by atoms with Crippen molar-refractivity contribution in [3.63, 3.8) is 0 Å². The number of rotatable bonds is 2. The van der Waals surface area contributed by atoms with Crippen LogP contribution >= 0.6 is 23.2 Å². The van der Waals surface area contributed by atoms with Crippen LogP contribution in [0.3, 0.4) is 0 Å². The van der Waals surface area contributed by atoms with Crippen molar-refractivity contribution in [2.75, 3.05) is 5.32 Å². The van der Waals surface area contributed by atoms with E-state index in [2.05, 4.69) is 12.2 Å². The van der Waals surface area contributed by atoms with E-state index < -0.39 is 0 Å². The lowest BCUT2D eigenvalue weighted by molar-refractivity contribution is 0.102. The molecule has 91 valence electrons. The van der Waals surface area contributed by atoms with E-state index in [-0.39, 0.29) is 5.91 Å². The van der Waals surface area contributed by atoms with Gasteiger partial charge < -0.3 is 5.32 Å². The summed E-state index contributed by atoms with van der Waals surface area (Å²) < 4.78 is 0. The maximum absolute atomic E-state index is 11.9. The molecule has 2 aromatic carbocycles. The van der Waals surface area contributed by atoms with Crippen molar-refractivity contribution in [1.29, 1.82) is 0 Å². The second kappa shape index (κ2) is 5.42. The van der Waals surface area contributed by atoms with Crippen molar-refractivity contribution >= 4 is 34.8 Å². The van der Waals surface area contributed by atoms with Gasteiger partial charge in [0, 0.05) is 11.3 Å². The van der Waals surface area contributed by atoms with Crippen LogP contribution in [0.5, 0.6) is 0 Å². The minimum absolute atomic E-state index is 0.231. The van der Waals surface area contributed by atoms with E-state index in [9.17, 15) is 4.79 Å². The van der Waals surface area contributed by atoms with Crippen LogP contribution < -0.4 is 5.32 Å². The first-order chi connectivity index (χ1) is 8.56. The third kappa shape index (κ3) is 3.03. The number of carbonyl (C=O) groups is 1. The van der Waals surface area contributed by atoms with Crippen LogP contribution in [0, 0.1) is 6.92 Å². The van der Waals surface area contributed by atoms with Gasteiger partial charge in [-0.05, 0) is 42.8 Å². The number of halogens is 2. The van der Waals surface area contributed by atoms with Gasteiger partial charge in [-0.25, -0.2) is 0 Å². The number of nitrogens with one attached hydrogen (secondary N) is 1. The Kier molecular flexibility index (Phi) is 3.90. The zero-order valence-corrected chi connectivity index (χ0v) is 10.9. The zero-order chi connectivity index (χ0) is 13.1. The monoisotopic (exact) mass is 278 g/mol. The van der Waals surface area contributed by atoms with Gasteiger partial charge in [-0.2, -0.15) is 0 Å². The van der Waals surface area contributed by atoms with Crippen LogP contribution in [0.2, 0.25) is 10.0 Å². The van der Waals surface area contributed by atoms with Crippen molar-refractivity contribution in [2.24, 2.45) is 0 Å². The van der Waals surface area contributed by atoms with E-state index in [1.54, 1.807) is 24.3 Å². The summed E-state index contributed by atoms with van der Waals surface area (Å²) in [5.41, 5.74) is 2.06. The fourth-order valence-corrected chi connectivity index (χ4v) is 1.73. The molecule has 0 fully saturated rings. The van der Waals surface area contributed by atoms with E-state index in [1.807, 2.05) is 12.1 Å². The van der Waals surface area contributed by atoms with Gasteiger partial charge in [0.25, 0.3) is 5.91 Å². The first kappa shape index (κ1) is 12.9.